The van der Waals surface area contributed by atoms with Crippen molar-refractivity contribution in [1.29, 1.82) is 0 Å². The van der Waals surface area contributed by atoms with Crippen molar-refractivity contribution in [3.05, 3.63) is 62.0 Å². The van der Waals surface area contributed by atoms with Gasteiger partial charge in [0.1, 0.15) is 0 Å². The van der Waals surface area contributed by atoms with Gasteiger partial charge in [0.05, 0.1) is 9.85 Å². The van der Waals surface area contributed by atoms with Gasteiger partial charge in [-0.15, -0.1) is 0 Å². The van der Waals surface area contributed by atoms with E-state index in [0.29, 0.717) is 12.4 Å². The Morgan fingerprint density at radius 1 is 0.968 bits per heavy atom. The summed E-state index contributed by atoms with van der Waals surface area (Å²) in [6, 6.07) is 5.75. The number of rotatable bonds is 8. The van der Waals surface area contributed by atoms with Crippen molar-refractivity contribution in [2.24, 2.45) is 5.73 Å². The molecule has 2 aromatic rings. The number of aromatic nitrogens is 2. The van der Waals surface area contributed by atoms with E-state index >= 15 is 0 Å². The highest BCUT2D eigenvalue weighted by Gasteiger charge is 2.13. The van der Waals surface area contributed by atoms with Crippen molar-refractivity contribution < 1.29 is 9.85 Å². The molecule has 12 nitrogen and oxygen atoms in total. The Balaban J connectivity index is 0.000000484. The van der Waals surface area contributed by atoms with Gasteiger partial charge in [-0.05, 0) is 40.3 Å². The number of likely N-dealkylation sites (N-methyl/N-ethyl adjacent to an activating group) is 2. The standard InChI is InChI=1S/C9H14N4O2.C5H3ClN2O2.C4H12N2/c1-12(2)7-6-11-9-8(13(14)15)4-3-5-10-9;6-5-4(8(9)10)2-1-3-7-5;1-6(2)4-3-5/h3-5H,6-7H2,1-2H3,(H,10,11);1-3H;3-5H2,1-2H3. The second kappa shape index (κ2) is 15.8. The summed E-state index contributed by atoms with van der Waals surface area (Å²) in [4.78, 5) is 31.2. The van der Waals surface area contributed by atoms with E-state index in [2.05, 4.69) is 20.2 Å². The predicted octanol–water partition coefficient (Wildman–Crippen LogP) is 2.11. The number of nitro groups is 2. The predicted molar refractivity (Wildman–Crippen MR) is 121 cm³/mol. The fourth-order valence-electron chi connectivity index (χ4n) is 1.85. The van der Waals surface area contributed by atoms with Gasteiger partial charge in [0.15, 0.2) is 0 Å². The van der Waals surface area contributed by atoms with Crippen LogP contribution in [-0.2, 0) is 0 Å². The lowest BCUT2D eigenvalue weighted by Gasteiger charge is -2.10. The Labute approximate surface area is 186 Å². The Kier molecular flexibility index (Phi) is 14.4. The van der Waals surface area contributed by atoms with Gasteiger partial charge in [-0.3, -0.25) is 20.2 Å². The van der Waals surface area contributed by atoms with Crippen molar-refractivity contribution in [3.63, 3.8) is 0 Å². The van der Waals surface area contributed by atoms with Crippen LogP contribution in [0.5, 0.6) is 0 Å². The summed E-state index contributed by atoms with van der Waals surface area (Å²) in [7, 11) is 7.89. The Bertz CT molecular complexity index is 808. The molecule has 0 aliphatic rings. The Morgan fingerprint density at radius 2 is 1.48 bits per heavy atom. The second-order valence-electron chi connectivity index (χ2n) is 6.52. The summed E-state index contributed by atoms with van der Waals surface area (Å²) in [6.07, 6.45) is 2.93. The molecule has 0 aromatic carbocycles. The van der Waals surface area contributed by atoms with Crippen molar-refractivity contribution in [2.75, 3.05) is 59.7 Å². The summed E-state index contributed by atoms with van der Waals surface area (Å²) >= 11 is 5.37. The normalized spacial score (nSPS) is 9.94. The lowest BCUT2D eigenvalue weighted by molar-refractivity contribution is -0.385. The number of hydrogen-bond donors (Lipinski definition) is 2. The molecule has 0 bridgehead atoms. The Morgan fingerprint density at radius 3 is 1.87 bits per heavy atom. The summed E-state index contributed by atoms with van der Waals surface area (Å²) < 4.78 is 0. The molecule has 0 aliphatic carbocycles. The highest BCUT2D eigenvalue weighted by molar-refractivity contribution is 6.31. The summed E-state index contributed by atoms with van der Waals surface area (Å²) in [5.41, 5.74) is 5.04. The fourth-order valence-corrected chi connectivity index (χ4v) is 2.04. The molecule has 3 N–H and O–H groups in total. The average Bonchev–Trinajstić information content (AvgIpc) is 2.69. The second-order valence-corrected chi connectivity index (χ2v) is 6.88. The van der Waals surface area contributed by atoms with Crippen molar-refractivity contribution >= 4 is 28.8 Å². The summed E-state index contributed by atoms with van der Waals surface area (Å²) in [6.45, 7) is 3.17. The van der Waals surface area contributed by atoms with Crippen molar-refractivity contribution in [2.45, 2.75) is 0 Å². The van der Waals surface area contributed by atoms with Gasteiger partial charge in [0.2, 0.25) is 11.0 Å². The molecular formula is C18H29ClN8O4. The van der Waals surface area contributed by atoms with Gasteiger partial charge >= 0.3 is 11.4 Å². The van der Waals surface area contributed by atoms with Crippen LogP contribution in [0.1, 0.15) is 0 Å². The molecule has 31 heavy (non-hydrogen) atoms. The van der Waals surface area contributed by atoms with Crippen LogP contribution < -0.4 is 11.1 Å². The zero-order chi connectivity index (χ0) is 23.8. The molecule has 0 aliphatic heterocycles. The van der Waals surface area contributed by atoms with E-state index in [-0.39, 0.29) is 16.5 Å². The van der Waals surface area contributed by atoms with Crippen LogP contribution in [0.25, 0.3) is 0 Å². The van der Waals surface area contributed by atoms with Gasteiger partial charge in [0, 0.05) is 50.7 Å². The van der Waals surface area contributed by atoms with E-state index in [9.17, 15) is 20.2 Å². The maximum absolute atomic E-state index is 10.6. The topological polar surface area (TPSA) is 157 Å². The van der Waals surface area contributed by atoms with E-state index in [0.717, 1.165) is 19.6 Å². The van der Waals surface area contributed by atoms with Crippen LogP contribution in [0.4, 0.5) is 17.2 Å². The van der Waals surface area contributed by atoms with Crippen LogP contribution in [0.2, 0.25) is 5.15 Å². The molecule has 0 fully saturated rings. The molecule has 0 saturated heterocycles. The van der Waals surface area contributed by atoms with Gasteiger partial charge in [-0.25, -0.2) is 9.97 Å². The molecule has 172 valence electrons. The number of nitrogens with zero attached hydrogens (tertiary/aromatic N) is 6. The number of nitrogens with two attached hydrogens (primary N) is 1. The third-order valence-corrected chi connectivity index (χ3v) is 3.64. The highest BCUT2D eigenvalue weighted by Crippen LogP contribution is 2.20. The molecule has 0 spiro atoms. The van der Waals surface area contributed by atoms with Gasteiger partial charge in [-0.2, -0.15) is 0 Å². The largest absolute Gasteiger partial charge is 0.363 e. The molecule has 0 atom stereocenters. The maximum Gasteiger partial charge on any atom is 0.311 e. The number of anilines is 1. The quantitative estimate of drug-likeness (QED) is 0.342. The zero-order valence-corrected chi connectivity index (χ0v) is 18.8. The minimum Gasteiger partial charge on any atom is -0.363 e. The lowest BCUT2D eigenvalue weighted by Crippen LogP contribution is -2.21. The highest BCUT2D eigenvalue weighted by atomic mass is 35.5. The molecular weight excluding hydrogens is 428 g/mol. The fraction of sp³-hybridized carbons (Fsp3) is 0.444. The van der Waals surface area contributed by atoms with Crippen LogP contribution in [0.15, 0.2) is 36.7 Å². The molecule has 0 radical (unpaired) electrons. The first kappa shape index (κ1) is 28.1. The number of pyridine rings is 2. The van der Waals surface area contributed by atoms with Gasteiger partial charge in [0.25, 0.3) is 0 Å². The van der Waals surface area contributed by atoms with Crippen LogP contribution in [-0.4, -0.2) is 84.0 Å². The van der Waals surface area contributed by atoms with E-state index in [1.165, 1.54) is 30.6 Å². The monoisotopic (exact) mass is 456 g/mol. The average molecular weight is 457 g/mol. The third-order valence-electron chi connectivity index (χ3n) is 3.35. The summed E-state index contributed by atoms with van der Waals surface area (Å²) in [5.74, 6) is 0.323. The van der Waals surface area contributed by atoms with Crippen LogP contribution >= 0.6 is 11.6 Å². The minimum absolute atomic E-state index is 0.0104. The first-order valence-electron chi connectivity index (χ1n) is 9.17. The van der Waals surface area contributed by atoms with E-state index in [1.54, 1.807) is 6.07 Å². The van der Waals surface area contributed by atoms with E-state index in [1.807, 2.05) is 33.1 Å². The van der Waals surface area contributed by atoms with E-state index in [4.69, 9.17) is 17.3 Å². The molecule has 2 rings (SSSR count). The van der Waals surface area contributed by atoms with Crippen LogP contribution in [0.3, 0.4) is 0 Å². The number of halogens is 1. The molecule has 0 unspecified atom stereocenters. The SMILES string of the molecule is CN(C)CCN.CN(C)CCNc1ncccc1[N+](=O)[O-].O=[N+]([O-])c1cccnc1Cl. The number of hydrogen-bond acceptors (Lipinski definition) is 10. The van der Waals surface area contributed by atoms with Crippen molar-refractivity contribution in [3.8, 4) is 0 Å². The first-order valence-corrected chi connectivity index (χ1v) is 9.55. The van der Waals surface area contributed by atoms with Gasteiger partial charge < -0.3 is 20.9 Å². The molecule has 0 saturated carbocycles. The molecule has 13 heteroatoms. The lowest BCUT2D eigenvalue weighted by atomic mass is 10.4. The summed E-state index contributed by atoms with van der Waals surface area (Å²) in [5, 5.41) is 23.6. The molecule has 2 heterocycles. The minimum atomic E-state index is -0.574. The molecule has 2 aromatic heterocycles. The van der Waals surface area contributed by atoms with Crippen molar-refractivity contribution in [1.82, 2.24) is 19.8 Å². The Hall–Kier alpha value is -2.93. The number of nitrogens with one attached hydrogen (secondary N) is 1. The van der Waals surface area contributed by atoms with E-state index < -0.39 is 9.85 Å². The molecule has 0 amide bonds. The maximum atomic E-state index is 10.6. The van der Waals surface area contributed by atoms with Crippen LogP contribution in [0, 0.1) is 20.2 Å². The smallest absolute Gasteiger partial charge is 0.311 e. The third kappa shape index (κ3) is 13.1. The first-order chi connectivity index (χ1) is 14.6. The van der Waals surface area contributed by atoms with Gasteiger partial charge in [-0.1, -0.05) is 11.6 Å². The zero-order valence-electron chi connectivity index (χ0n) is 18.1.